The highest BCUT2D eigenvalue weighted by molar-refractivity contribution is 5.72. The average Bonchev–Trinajstić information content (AvgIpc) is 3.08. The Morgan fingerprint density at radius 1 is 1.14 bits per heavy atom. The Balaban J connectivity index is 0.00000109. The molecule has 1 N–H and O–H groups in total. The Morgan fingerprint density at radius 2 is 1.93 bits per heavy atom. The molecular weight excluding hydrogens is 342 g/mol. The van der Waals surface area contributed by atoms with Crippen molar-refractivity contribution in [2.24, 2.45) is 34.5 Å². The quantitative estimate of drug-likeness (QED) is 0.623. The van der Waals surface area contributed by atoms with Gasteiger partial charge in [-0.2, -0.15) is 0 Å². The lowest BCUT2D eigenvalue weighted by molar-refractivity contribution is -0.0945. The van der Waals surface area contributed by atoms with Crippen LogP contribution in [0.25, 0.3) is 5.57 Å². The predicted molar refractivity (Wildman–Crippen MR) is 119 cm³/mol. The summed E-state index contributed by atoms with van der Waals surface area (Å²) in [6, 6.07) is 4.31. The van der Waals surface area contributed by atoms with Crippen LogP contribution in [-0.2, 0) is 0 Å². The van der Waals surface area contributed by atoms with E-state index in [4.69, 9.17) is 0 Å². The highest BCUT2D eigenvalue weighted by atomic mass is 16.3. The van der Waals surface area contributed by atoms with E-state index < -0.39 is 0 Å². The second-order valence-corrected chi connectivity index (χ2v) is 9.64. The summed E-state index contributed by atoms with van der Waals surface area (Å²) in [6.07, 6.45) is 15.3. The van der Waals surface area contributed by atoms with E-state index in [0.29, 0.717) is 23.4 Å². The van der Waals surface area contributed by atoms with Crippen molar-refractivity contribution in [3.8, 4) is 0 Å². The minimum absolute atomic E-state index is 0.309. The van der Waals surface area contributed by atoms with Gasteiger partial charge in [0.2, 0.25) is 0 Å². The number of aliphatic hydroxyl groups excluding tert-OH is 1. The molecule has 0 amide bonds. The molecule has 0 aliphatic heterocycles. The molecule has 0 aromatic carbocycles. The number of hydrogen-bond donors (Lipinski definition) is 1. The Kier molecular flexibility index (Phi) is 6.69. The smallest absolute Gasteiger partial charge is 0.0464 e. The highest BCUT2D eigenvalue weighted by Crippen LogP contribution is 2.66. The first-order chi connectivity index (χ1) is 13.5. The van der Waals surface area contributed by atoms with Crippen molar-refractivity contribution >= 4 is 5.57 Å². The number of nitrogens with zero attached hydrogens (tertiary/aromatic N) is 1. The normalized spacial score (nSPS) is 39.3. The number of allylic oxidation sites excluding steroid dienone is 2. The Morgan fingerprint density at radius 3 is 2.57 bits per heavy atom. The zero-order valence-corrected chi connectivity index (χ0v) is 18.7. The number of aromatic nitrogens is 1. The molecular formula is C26H41NO. The minimum atomic E-state index is 0.309. The van der Waals surface area contributed by atoms with E-state index in [1.807, 2.05) is 20.0 Å². The second kappa shape index (κ2) is 8.69. The molecule has 3 aliphatic rings. The summed E-state index contributed by atoms with van der Waals surface area (Å²) in [6.45, 7) is 11.7. The van der Waals surface area contributed by atoms with Gasteiger partial charge in [-0.05, 0) is 90.2 Å². The van der Waals surface area contributed by atoms with Crippen LogP contribution in [-0.4, -0.2) is 16.7 Å². The van der Waals surface area contributed by atoms with Crippen molar-refractivity contribution in [1.82, 2.24) is 4.98 Å². The number of fused-ring (bicyclic) bond motifs is 3. The van der Waals surface area contributed by atoms with Crippen molar-refractivity contribution < 1.29 is 5.11 Å². The highest BCUT2D eigenvalue weighted by Gasteiger charge is 2.57. The molecule has 2 heteroatoms. The molecule has 2 saturated carbocycles. The molecule has 1 aromatic rings. The Hall–Kier alpha value is -1.15. The molecule has 156 valence electrons. The summed E-state index contributed by atoms with van der Waals surface area (Å²) in [7, 11) is 0. The first-order valence-electron chi connectivity index (χ1n) is 11.8. The first kappa shape index (κ1) is 21.6. The van der Waals surface area contributed by atoms with E-state index in [-0.39, 0.29) is 0 Å². The molecule has 1 aromatic heterocycles. The maximum absolute atomic E-state index is 10.1. The zero-order valence-electron chi connectivity index (χ0n) is 18.7. The topological polar surface area (TPSA) is 33.1 Å². The van der Waals surface area contributed by atoms with Crippen LogP contribution >= 0.6 is 0 Å². The lowest BCUT2D eigenvalue weighted by Crippen LogP contribution is -2.52. The van der Waals surface area contributed by atoms with Gasteiger partial charge in [0.1, 0.15) is 0 Å². The Labute approximate surface area is 172 Å². The second-order valence-electron chi connectivity index (χ2n) is 9.64. The molecule has 3 aliphatic carbocycles. The molecule has 4 rings (SSSR count). The Bertz CT molecular complexity index is 668. The standard InChI is InChI=1S/C24H35NO.C2H6/c1-4-12-23(2)18(16-26)7-8-19-21-10-9-20(17-6-5-14-25-15-17)24(21,3)13-11-22(19)23;1-2/h5-6,9,14-15,18-19,21-22,26H,4,7-8,10-13,16H2,1-3H3;1-2H3. The largest absolute Gasteiger partial charge is 0.396 e. The third-order valence-corrected chi connectivity index (χ3v) is 8.63. The van der Waals surface area contributed by atoms with Crippen molar-refractivity contribution in [2.75, 3.05) is 6.61 Å². The van der Waals surface area contributed by atoms with Gasteiger partial charge in [0.15, 0.2) is 0 Å². The van der Waals surface area contributed by atoms with Crippen molar-refractivity contribution in [3.05, 3.63) is 36.2 Å². The van der Waals surface area contributed by atoms with E-state index >= 15 is 0 Å². The lowest BCUT2D eigenvalue weighted by atomic mass is 9.46. The van der Waals surface area contributed by atoms with Crippen molar-refractivity contribution in [2.45, 2.75) is 79.6 Å². The molecule has 6 atom stereocenters. The summed E-state index contributed by atoms with van der Waals surface area (Å²) in [5.41, 5.74) is 3.51. The van der Waals surface area contributed by atoms with Gasteiger partial charge in [0, 0.05) is 19.0 Å². The average molecular weight is 384 g/mol. The van der Waals surface area contributed by atoms with Crippen LogP contribution in [0, 0.1) is 34.5 Å². The molecule has 0 saturated heterocycles. The molecule has 2 fully saturated rings. The SMILES string of the molecule is CC.CCCC1(C)C(CO)CCC2C3CC=C(c4cccnc4)C3(C)CCC21. The molecule has 2 nitrogen and oxygen atoms in total. The van der Waals surface area contributed by atoms with Crippen LogP contribution in [0.3, 0.4) is 0 Å². The monoisotopic (exact) mass is 383 g/mol. The van der Waals surface area contributed by atoms with Crippen LogP contribution < -0.4 is 0 Å². The molecule has 6 unspecified atom stereocenters. The van der Waals surface area contributed by atoms with Gasteiger partial charge in [-0.1, -0.05) is 53.2 Å². The fraction of sp³-hybridized carbons (Fsp3) is 0.731. The van der Waals surface area contributed by atoms with E-state index in [1.165, 1.54) is 50.5 Å². The molecule has 28 heavy (non-hydrogen) atoms. The minimum Gasteiger partial charge on any atom is -0.396 e. The number of pyridine rings is 1. The summed E-state index contributed by atoms with van der Waals surface area (Å²) in [4.78, 5) is 4.38. The first-order valence-corrected chi connectivity index (χ1v) is 11.8. The summed E-state index contributed by atoms with van der Waals surface area (Å²) in [5, 5.41) is 10.1. The summed E-state index contributed by atoms with van der Waals surface area (Å²) >= 11 is 0. The van der Waals surface area contributed by atoms with Gasteiger partial charge in [0.25, 0.3) is 0 Å². The number of aliphatic hydroxyl groups is 1. The maximum atomic E-state index is 10.1. The van der Waals surface area contributed by atoms with Crippen LogP contribution in [0.15, 0.2) is 30.6 Å². The van der Waals surface area contributed by atoms with Crippen LogP contribution in [0.1, 0.15) is 85.1 Å². The number of hydrogen-bond acceptors (Lipinski definition) is 2. The lowest BCUT2D eigenvalue weighted by Gasteiger charge is -2.59. The summed E-state index contributed by atoms with van der Waals surface area (Å²) < 4.78 is 0. The zero-order chi connectivity index (χ0) is 20.4. The van der Waals surface area contributed by atoms with Crippen LogP contribution in [0.5, 0.6) is 0 Å². The summed E-state index contributed by atoms with van der Waals surface area (Å²) in [5.74, 6) is 2.87. The van der Waals surface area contributed by atoms with Gasteiger partial charge >= 0.3 is 0 Å². The van der Waals surface area contributed by atoms with Crippen LogP contribution in [0.2, 0.25) is 0 Å². The maximum Gasteiger partial charge on any atom is 0.0464 e. The third-order valence-electron chi connectivity index (χ3n) is 8.63. The van der Waals surface area contributed by atoms with E-state index in [0.717, 1.165) is 17.8 Å². The third kappa shape index (κ3) is 3.36. The van der Waals surface area contributed by atoms with Gasteiger partial charge in [-0.25, -0.2) is 0 Å². The van der Waals surface area contributed by atoms with Gasteiger partial charge in [0.05, 0.1) is 0 Å². The van der Waals surface area contributed by atoms with Gasteiger partial charge in [-0.3, -0.25) is 4.98 Å². The fourth-order valence-electron chi connectivity index (χ4n) is 7.30. The van der Waals surface area contributed by atoms with Crippen LogP contribution in [0.4, 0.5) is 0 Å². The van der Waals surface area contributed by atoms with Crippen molar-refractivity contribution in [1.29, 1.82) is 0 Å². The predicted octanol–water partition coefficient (Wildman–Crippen LogP) is 6.75. The molecule has 1 heterocycles. The van der Waals surface area contributed by atoms with E-state index in [9.17, 15) is 5.11 Å². The van der Waals surface area contributed by atoms with E-state index in [2.05, 4.69) is 50.2 Å². The van der Waals surface area contributed by atoms with E-state index in [1.54, 1.807) is 5.57 Å². The van der Waals surface area contributed by atoms with Gasteiger partial charge < -0.3 is 5.11 Å². The molecule has 0 bridgehead atoms. The fourth-order valence-corrected chi connectivity index (χ4v) is 7.30. The molecule has 0 spiro atoms. The van der Waals surface area contributed by atoms with Gasteiger partial charge in [-0.15, -0.1) is 0 Å². The number of rotatable bonds is 4. The molecule has 0 radical (unpaired) electrons. The van der Waals surface area contributed by atoms with Crippen molar-refractivity contribution in [3.63, 3.8) is 0 Å².